The minimum absolute atomic E-state index is 0.116. The molecule has 0 radical (unpaired) electrons. The van der Waals surface area contributed by atoms with E-state index in [9.17, 15) is 4.79 Å². The van der Waals surface area contributed by atoms with Crippen molar-refractivity contribution in [1.29, 1.82) is 0 Å². The molecule has 1 amide bonds. The van der Waals surface area contributed by atoms with Gasteiger partial charge in [-0.3, -0.25) is 4.79 Å². The lowest BCUT2D eigenvalue weighted by Gasteiger charge is -2.22. The molecule has 1 N–H and O–H groups in total. The molecule has 2 aromatic rings. The van der Waals surface area contributed by atoms with Crippen molar-refractivity contribution in [3.05, 3.63) is 71.8 Å². The van der Waals surface area contributed by atoms with E-state index in [-0.39, 0.29) is 11.9 Å². The van der Waals surface area contributed by atoms with E-state index >= 15 is 0 Å². The summed E-state index contributed by atoms with van der Waals surface area (Å²) in [5, 5.41) is 3.10. The molecule has 2 aromatic carbocycles. The molecule has 0 aliphatic heterocycles. The summed E-state index contributed by atoms with van der Waals surface area (Å²) in [6.07, 6.45) is 0.477. The van der Waals surface area contributed by atoms with E-state index in [1.165, 1.54) is 0 Å². The van der Waals surface area contributed by atoms with Gasteiger partial charge in [-0.05, 0) is 24.5 Å². The molecule has 1 fully saturated rings. The molecule has 1 aliphatic carbocycles. The van der Waals surface area contributed by atoms with Crippen molar-refractivity contribution in [2.75, 3.05) is 0 Å². The first kappa shape index (κ1) is 15.4. The van der Waals surface area contributed by atoms with E-state index in [1.807, 2.05) is 60.7 Å². The van der Waals surface area contributed by atoms with E-state index < -0.39 is 9.75 Å². The molecule has 2 nitrogen and oxygen atoms in total. The highest BCUT2D eigenvalue weighted by Gasteiger charge is 2.68. The second kappa shape index (κ2) is 5.60. The van der Waals surface area contributed by atoms with Crippen LogP contribution in [0.25, 0.3) is 0 Å². The minimum Gasteiger partial charge on any atom is -0.345 e. The van der Waals surface area contributed by atoms with Crippen molar-refractivity contribution in [2.24, 2.45) is 5.41 Å². The number of alkyl halides is 2. The van der Waals surface area contributed by atoms with Crippen LogP contribution in [0.5, 0.6) is 0 Å². The molecule has 0 saturated heterocycles. The molecule has 0 heterocycles. The predicted octanol–water partition coefficient (Wildman–Crippen LogP) is 4.48. The maximum atomic E-state index is 12.6. The molecular formula is C18H17Cl2NO. The van der Waals surface area contributed by atoms with Crippen molar-refractivity contribution in [3.8, 4) is 0 Å². The Kier molecular flexibility index (Phi) is 3.92. The second-order valence-corrected chi connectivity index (χ2v) is 7.43. The van der Waals surface area contributed by atoms with Crippen LogP contribution in [0.3, 0.4) is 0 Å². The van der Waals surface area contributed by atoms with Crippen LogP contribution in [0.15, 0.2) is 60.7 Å². The molecule has 22 heavy (non-hydrogen) atoms. The fourth-order valence-corrected chi connectivity index (χ4v) is 3.29. The molecule has 1 aliphatic rings. The monoisotopic (exact) mass is 333 g/mol. The van der Waals surface area contributed by atoms with Gasteiger partial charge in [0.2, 0.25) is 5.91 Å². The van der Waals surface area contributed by atoms with Crippen LogP contribution in [0.1, 0.15) is 30.5 Å². The molecule has 0 bridgehead atoms. The van der Waals surface area contributed by atoms with Crippen LogP contribution in [0.2, 0.25) is 0 Å². The normalized spacial score (nSPS) is 22.4. The van der Waals surface area contributed by atoms with E-state index in [1.54, 1.807) is 6.92 Å². The van der Waals surface area contributed by atoms with Crippen LogP contribution in [-0.2, 0) is 4.79 Å². The quantitative estimate of drug-likeness (QED) is 0.821. The smallest absolute Gasteiger partial charge is 0.229 e. The van der Waals surface area contributed by atoms with E-state index in [0.29, 0.717) is 6.42 Å². The molecule has 1 atom stereocenters. The number of halogens is 2. The van der Waals surface area contributed by atoms with Crippen LogP contribution >= 0.6 is 23.2 Å². The van der Waals surface area contributed by atoms with Gasteiger partial charge in [0.1, 0.15) is 4.33 Å². The fourth-order valence-electron chi connectivity index (χ4n) is 2.59. The second-order valence-electron chi connectivity index (χ2n) is 5.94. The van der Waals surface area contributed by atoms with Gasteiger partial charge < -0.3 is 5.32 Å². The highest BCUT2D eigenvalue weighted by Crippen LogP contribution is 2.64. The number of carbonyl (C=O) groups is 1. The summed E-state index contributed by atoms with van der Waals surface area (Å²) >= 11 is 12.2. The minimum atomic E-state index is -0.963. The molecular weight excluding hydrogens is 317 g/mol. The third-order valence-electron chi connectivity index (χ3n) is 4.30. The summed E-state index contributed by atoms with van der Waals surface area (Å²) < 4.78 is -0.963. The molecule has 1 unspecified atom stereocenters. The predicted molar refractivity (Wildman–Crippen MR) is 90.0 cm³/mol. The number of nitrogens with one attached hydrogen (secondary N) is 1. The van der Waals surface area contributed by atoms with Gasteiger partial charge in [0.05, 0.1) is 11.5 Å². The first-order chi connectivity index (χ1) is 10.4. The zero-order valence-corrected chi connectivity index (χ0v) is 13.7. The highest BCUT2D eigenvalue weighted by atomic mass is 35.5. The maximum Gasteiger partial charge on any atom is 0.229 e. The van der Waals surface area contributed by atoms with Gasteiger partial charge >= 0.3 is 0 Å². The first-order valence-corrected chi connectivity index (χ1v) is 7.98. The zero-order valence-electron chi connectivity index (χ0n) is 12.2. The lowest BCUT2D eigenvalue weighted by atomic mass is 9.97. The lowest BCUT2D eigenvalue weighted by molar-refractivity contribution is -0.126. The topological polar surface area (TPSA) is 29.1 Å². The Morgan fingerprint density at radius 1 is 1.00 bits per heavy atom. The third-order valence-corrected chi connectivity index (χ3v) is 5.40. The summed E-state index contributed by atoms with van der Waals surface area (Å²) in [6.45, 7) is 1.80. The van der Waals surface area contributed by atoms with Gasteiger partial charge in [-0.2, -0.15) is 0 Å². The van der Waals surface area contributed by atoms with Gasteiger partial charge in [0.15, 0.2) is 0 Å². The molecule has 3 rings (SSSR count). The number of benzene rings is 2. The van der Waals surface area contributed by atoms with Crippen molar-refractivity contribution in [3.63, 3.8) is 0 Å². The van der Waals surface area contributed by atoms with Crippen molar-refractivity contribution >= 4 is 29.1 Å². The summed E-state index contributed by atoms with van der Waals surface area (Å²) in [6, 6.07) is 19.6. The summed E-state index contributed by atoms with van der Waals surface area (Å²) in [5.74, 6) is -0.116. The number of rotatable bonds is 4. The Balaban J connectivity index is 1.89. The van der Waals surface area contributed by atoms with Gasteiger partial charge in [0.25, 0.3) is 0 Å². The summed E-state index contributed by atoms with van der Waals surface area (Å²) in [7, 11) is 0. The number of hydrogen-bond donors (Lipinski definition) is 1. The van der Waals surface area contributed by atoms with Crippen molar-refractivity contribution < 1.29 is 4.79 Å². The molecule has 1 saturated carbocycles. The van der Waals surface area contributed by atoms with Crippen LogP contribution in [0.4, 0.5) is 0 Å². The third kappa shape index (κ3) is 2.73. The first-order valence-electron chi connectivity index (χ1n) is 7.23. The standard InChI is InChI=1S/C18H17Cl2NO/c1-17(12-18(17,19)20)16(22)21-15(13-8-4-2-5-9-13)14-10-6-3-7-11-14/h2-11,15H,12H2,1H3,(H,21,22). The Hall–Kier alpha value is -1.51. The lowest BCUT2D eigenvalue weighted by Crippen LogP contribution is -2.36. The number of amides is 1. The van der Waals surface area contributed by atoms with Crippen LogP contribution in [0, 0.1) is 5.41 Å². The maximum absolute atomic E-state index is 12.6. The average Bonchev–Trinajstić information content (AvgIpc) is 3.06. The Morgan fingerprint density at radius 2 is 1.41 bits per heavy atom. The largest absolute Gasteiger partial charge is 0.345 e. The number of hydrogen-bond acceptors (Lipinski definition) is 1. The van der Waals surface area contributed by atoms with Crippen molar-refractivity contribution in [2.45, 2.75) is 23.7 Å². The average molecular weight is 334 g/mol. The van der Waals surface area contributed by atoms with Gasteiger partial charge in [0, 0.05) is 0 Å². The molecule has 4 heteroatoms. The van der Waals surface area contributed by atoms with E-state index in [0.717, 1.165) is 11.1 Å². The number of carbonyl (C=O) groups excluding carboxylic acids is 1. The van der Waals surface area contributed by atoms with E-state index in [2.05, 4.69) is 5.32 Å². The zero-order chi connectivity index (χ0) is 15.8. The van der Waals surface area contributed by atoms with Gasteiger partial charge in [-0.1, -0.05) is 60.7 Å². The van der Waals surface area contributed by atoms with Crippen molar-refractivity contribution in [1.82, 2.24) is 5.32 Å². The Bertz CT molecular complexity index is 633. The van der Waals surface area contributed by atoms with Crippen LogP contribution in [-0.4, -0.2) is 10.2 Å². The fraction of sp³-hybridized carbons (Fsp3) is 0.278. The van der Waals surface area contributed by atoms with Gasteiger partial charge in [-0.25, -0.2) is 0 Å². The highest BCUT2D eigenvalue weighted by molar-refractivity contribution is 6.53. The van der Waals surface area contributed by atoms with Crippen LogP contribution < -0.4 is 5.32 Å². The summed E-state index contributed by atoms with van der Waals surface area (Å²) in [4.78, 5) is 12.6. The van der Waals surface area contributed by atoms with Gasteiger partial charge in [-0.15, -0.1) is 23.2 Å². The molecule has 0 spiro atoms. The summed E-state index contributed by atoms with van der Waals surface area (Å²) in [5.41, 5.74) is 1.33. The molecule has 0 aromatic heterocycles. The Morgan fingerprint density at radius 3 is 1.77 bits per heavy atom. The Labute approximate surface area is 140 Å². The SMILES string of the molecule is CC1(C(=O)NC(c2ccccc2)c2ccccc2)CC1(Cl)Cl. The van der Waals surface area contributed by atoms with E-state index in [4.69, 9.17) is 23.2 Å². The molecule has 114 valence electrons.